The van der Waals surface area contributed by atoms with Gasteiger partial charge in [0, 0.05) is 30.6 Å². The van der Waals surface area contributed by atoms with E-state index in [4.69, 9.17) is 4.74 Å². The number of nitrogens with zero attached hydrogens (tertiary/aromatic N) is 1. The van der Waals surface area contributed by atoms with Crippen LogP contribution in [-0.4, -0.2) is 53.0 Å². The Hall–Kier alpha value is -2.43. The van der Waals surface area contributed by atoms with Crippen molar-refractivity contribution in [3.8, 4) is 5.75 Å². The molecule has 1 heterocycles. The van der Waals surface area contributed by atoms with Gasteiger partial charge in [0.15, 0.2) is 9.84 Å². The Morgan fingerprint density at radius 3 is 2.34 bits per heavy atom. The first-order chi connectivity index (χ1) is 15.0. The first-order valence-corrected chi connectivity index (χ1v) is 13.8. The Bertz CT molecular complexity index is 1220. The molecule has 2 aromatic rings. The molecule has 0 bridgehead atoms. The molecule has 1 fully saturated rings. The molecular formula is C22H28N2O6S2. The molecule has 0 aliphatic carbocycles. The maximum Gasteiger partial charge on any atom is 0.255 e. The van der Waals surface area contributed by atoms with E-state index in [1.165, 1.54) is 28.6 Å². The second kappa shape index (κ2) is 9.60. The molecule has 1 amide bonds. The smallest absolute Gasteiger partial charge is 0.255 e. The number of sulfone groups is 1. The number of nitrogens with one attached hydrogen (secondary N) is 1. The number of rotatable bonds is 7. The number of carbonyl (C=O) groups excluding carboxylic acids is 1. The molecule has 10 heteroatoms. The molecule has 32 heavy (non-hydrogen) atoms. The molecule has 0 aromatic heterocycles. The summed E-state index contributed by atoms with van der Waals surface area (Å²) in [4.78, 5) is 12.9. The zero-order valence-electron chi connectivity index (χ0n) is 18.4. The van der Waals surface area contributed by atoms with Gasteiger partial charge in [0.1, 0.15) is 10.6 Å². The van der Waals surface area contributed by atoms with Crippen molar-refractivity contribution < 1.29 is 26.4 Å². The van der Waals surface area contributed by atoms with Crippen LogP contribution in [0.15, 0.2) is 46.2 Å². The predicted molar refractivity (Wildman–Crippen MR) is 122 cm³/mol. The van der Waals surface area contributed by atoms with Crippen molar-refractivity contribution in [2.24, 2.45) is 0 Å². The van der Waals surface area contributed by atoms with Crippen molar-refractivity contribution in [1.82, 2.24) is 4.31 Å². The van der Waals surface area contributed by atoms with Gasteiger partial charge in [-0.1, -0.05) is 12.5 Å². The minimum Gasteiger partial charge on any atom is -0.492 e. The molecule has 0 spiro atoms. The third kappa shape index (κ3) is 5.31. The number of benzene rings is 2. The lowest BCUT2D eigenvalue weighted by Crippen LogP contribution is -2.35. The molecule has 1 aliphatic rings. The van der Waals surface area contributed by atoms with Crippen LogP contribution < -0.4 is 10.1 Å². The molecule has 1 N–H and O–H groups in total. The predicted octanol–water partition coefficient (Wildman–Crippen LogP) is 3.22. The number of amides is 1. The van der Waals surface area contributed by atoms with Gasteiger partial charge in [-0.3, -0.25) is 4.79 Å². The Morgan fingerprint density at radius 1 is 1.03 bits per heavy atom. The number of anilines is 1. The fourth-order valence-electron chi connectivity index (χ4n) is 3.58. The van der Waals surface area contributed by atoms with E-state index < -0.39 is 25.8 Å². The fraction of sp³-hybridized carbons (Fsp3) is 0.409. The minimum atomic E-state index is -3.79. The first kappa shape index (κ1) is 24.2. The maximum absolute atomic E-state index is 13.3. The summed E-state index contributed by atoms with van der Waals surface area (Å²) < 4.78 is 57.3. The standard InChI is InChI=1S/C22H28N2O6S2/c1-4-30-20-11-9-17(14-21(20)32(28,29)24-12-6-5-7-13-24)23-22(25)19-15-18(31(3,26)27)10-8-16(19)2/h8-11,14-15H,4-7,12-13H2,1-3H3,(H,23,25). The molecule has 1 aliphatic heterocycles. The lowest BCUT2D eigenvalue weighted by Gasteiger charge is -2.27. The molecule has 0 unspecified atom stereocenters. The molecule has 174 valence electrons. The summed E-state index contributed by atoms with van der Waals surface area (Å²) >= 11 is 0. The molecule has 3 rings (SSSR count). The Kier molecular flexibility index (Phi) is 7.26. The Labute approximate surface area is 189 Å². The van der Waals surface area contributed by atoms with E-state index in [-0.39, 0.29) is 26.8 Å². The molecule has 2 aromatic carbocycles. The average molecular weight is 481 g/mol. The number of hydrogen-bond acceptors (Lipinski definition) is 6. The summed E-state index contributed by atoms with van der Waals surface area (Å²) in [6.07, 6.45) is 3.67. The van der Waals surface area contributed by atoms with Crippen molar-refractivity contribution in [2.45, 2.75) is 42.9 Å². The van der Waals surface area contributed by atoms with Crippen LogP contribution in [0, 0.1) is 6.92 Å². The van der Waals surface area contributed by atoms with Crippen molar-refractivity contribution >= 4 is 31.5 Å². The van der Waals surface area contributed by atoms with Crippen LogP contribution in [-0.2, 0) is 19.9 Å². The van der Waals surface area contributed by atoms with Crippen LogP contribution >= 0.6 is 0 Å². The molecule has 1 saturated heterocycles. The van der Waals surface area contributed by atoms with Gasteiger partial charge >= 0.3 is 0 Å². The third-order valence-corrected chi connectivity index (χ3v) is 8.35. The first-order valence-electron chi connectivity index (χ1n) is 10.4. The average Bonchev–Trinajstić information content (AvgIpc) is 2.75. The Balaban J connectivity index is 1.96. The zero-order chi connectivity index (χ0) is 23.5. The van der Waals surface area contributed by atoms with Crippen molar-refractivity contribution in [3.05, 3.63) is 47.5 Å². The van der Waals surface area contributed by atoms with Crippen LogP contribution in [0.25, 0.3) is 0 Å². The van der Waals surface area contributed by atoms with E-state index in [0.29, 0.717) is 25.3 Å². The van der Waals surface area contributed by atoms with Crippen LogP contribution in [0.4, 0.5) is 5.69 Å². The van der Waals surface area contributed by atoms with E-state index in [0.717, 1.165) is 25.5 Å². The number of piperidine rings is 1. The monoisotopic (exact) mass is 480 g/mol. The minimum absolute atomic E-state index is 0.000610. The van der Waals surface area contributed by atoms with Crippen LogP contribution in [0.5, 0.6) is 5.75 Å². The van der Waals surface area contributed by atoms with Crippen LogP contribution in [0.1, 0.15) is 42.1 Å². The van der Waals surface area contributed by atoms with Gasteiger partial charge in [0.2, 0.25) is 10.0 Å². The van der Waals surface area contributed by atoms with Crippen molar-refractivity contribution in [3.63, 3.8) is 0 Å². The molecule has 8 nitrogen and oxygen atoms in total. The highest BCUT2D eigenvalue weighted by atomic mass is 32.2. The highest BCUT2D eigenvalue weighted by molar-refractivity contribution is 7.90. The molecule has 0 radical (unpaired) electrons. The van der Waals surface area contributed by atoms with E-state index >= 15 is 0 Å². The number of hydrogen-bond donors (Lipinski definition) is 1. The van der Waals surface area contributed by atoms with Gasteiger partial charge in [-0.15, -0.1) is 0 Å². The number of carbonyl (C=O) groups is 1. The summed E-state index contributed by atoms with van der Waals surface area (Å²) in [6, 6.07) is 8.81. The summed E-state index contributed by atoms with van der Waals surface area (Å²) in [6.45, 7) is 4.66. The Morgan fingerprint density at radius 2 is 1.72 bits per heavy atom. The SMILES string of the molecule is CCOc1ccc(NC(=O)c2cc(S(C)(=O)=O)ccc2C)cc1S(=O)(=O)N1CCCCC1. The highest BCUT2D eigenvalue weighted by Gasteiger charge is 2.29. The summed E-state index contributed by atoms with van der Waals surface area (Å²) in [5.74, 6) is -0.301. The quantitative estimate of drug-likeness (QED) is 0.652. The second-order valence-electron chi connectivity index (χ2n) is 7.76. The van der Waals surface area contributed by atoms with Crippen LogP contribution in [0.2, 0.25) is 0 Å². The van der Waals surface area contributed by atoms with Gasteiger partial charge in [0.25, 0.3) is 5.91 Å². The van der Waals surface area contributed by atoms with E-state index in [1.54, 1.807) is 26.0 Å². The summed E-state index contributed by atoms with van der Waals surface area (Å²) in [7, 11) is -7.27. The van der Waals surface area contributed by atoms with Gasteiger partial charge in [0.05, 0.1) is 11.5 Å². The normalized spacial score (nSPS) is 15.3. The largest absolute Gasteiger partial charge is 0.492 e. The van der Waals surface area contributed by atoms with Gasteiger partial charge in [-0.05, 0) is 62.6 Å². The number of aryl methyl sites for hydroxylation is 1. The van der Waals surface area contributed by atoms with Crippen molar-refractivity contribution in [2.75, 3.05) is 31.3 Å². The number of sulfonamides is 1. The van der Waals surface area contributed by atoms with E-state index in [9.17, 15) is 21.6 Å². The van der Waals surface area contributed by atoms with Gasteiger partial charge in [-0.25, -0.2) is 16.8 Å². The lowest BCUT2D eigenvalue weighted by atomic mass is 10.1. The zero-order valence-corrected chi connectivity index (χ0v) is 20.1. The summed E-state index contributed by atoms with van der Waals surface area (Å²) in [5, 5.41) is 2.69. The highest BCUT2D eigenvalue weighted by Crippen LogP contribution is 2.31. The van der Waals surface area contributed by atoms with E-state index in [1.807, 2.05) is 0 Å². The van der Waals surface area contributed by atoms with Gasteiger partial charge < -0.3 is 10.1 Å². The molecule has 0 atom stereocenters. The lowest BCUT2D eigenvalue weighted by molar-refractivity contribution is 0.102. The third-order valence-electron chi connectivity index (χ3n) is 5.32. The molecular weight excluding hydrogens is 452 g/mol. The second-order valence-corrected chi connectivity index (χ2v) is 11.7. The van der Waals surface area contributed by atoms with Crippen LogP contribution in [0.3, 0.4) is 0 Å². The summed E-state index contributed by atoms with van der Waals surface area (Å²) in [5.41, 5.74) is 1.07. The van der Waals surface area contributed by atoms with Gasteiger partial charge in [-0.2, -0.15) is 4.31 Å². The number of ether oxygens (including phenoxy) is 1. The topological polar surface area (TPSA) is 110 Å². The fourth-order valence-corrected chi connectivity index (χ4v) is 5.90. The molecule has 0 saturated carbocycles. The van der Waals surface area contributed by atoms with Crippen molar-refractivity contribution in [1.29, 1.82) is 0 Å². The maximum atomic E-state index is 13.3. The van der Waals surface area contributed by atoms with E-state index in [2.05, 4.69) is 5.32 Å².